The van der Waals surface area contributed by atoms with E-state index in [1.807, 2.05) is 19.9 Å². The predicted molar refractivity (Wildman–Crippen MR) is 46.6 cm³/mol. The number of aliphatic hydroxyl groups excluding tert-OH is 1. The van der Waals surface area contributed by atoms with Crippen molar-refractivity contribution in [2.75, 3.05) is 6.61 Å². The van der Waals surface area contributed by atoms with E-state index < -0.39 is 0 Å². The van der Waals surface area contributed by atoms with Crippen molar-refractivity contribution < 1.29 is 9.84 Å². The Bertz CT molecular complexity index is 142. The van der Waals surface area contributed by atoms with Gasteiger partial charge in [0.2, 0.25) is 0 Å². The van der Waals surface area contributed by atoms with Crippen LogP contribution in [-0.4, -0.2) is 23.9 Å². The lowest BCUT2D eigenvalue weighted by Gasteiger charge is -2.14. The van der Waals surface area contributed by atoms with E-state index >= 15 is 0 Å². The first-order valence-electron chi connectivity index (χ1n) is 4.37. The normalized spacial score (nSPS) is 15.2. The monoisotopic (exact) mass is 171 g/mol. The van der Waals surface area contributed by atoms with Crippen molar-refractivity contribution in [1.82, 2.24) is 0 Å². The summed E-state index contributed by atoms with van der Waals surface area (Å²) >= 11 is 0. The highest BCUT2D eigenvalue weighted by atomic mass is 16.5. The molecule has 70 valence electrons. The number of nitriles is 1. The fourth-order valence-electron chi connectivity index (χ4n) is 0.924. The summed E-state index contributed by atoms with van der Waals surface area (Å²) in [7, 11) is 0. The first kappa shape index (κ1) is 11.4. The topological polar surface area (TPSA) is 53.2 Å². The molecule has 0 aliphatic heterocycles. The lowest BCUT2D eigenvalue weighted by atomic mass is 10.1. The lowest BCUT2D eigenvalue weighted by Crippen LogP contribution is -2.17. The van der Waals surface area contributed by atoms with E-state index in [-0.39, 0.29) is 12.2 Å². The van der Waals surface area contributed by atoms with E-state index in [4.69, 9.17) is 10.00 Å². The number of hydrogen-bond donors (Lipinski definition) is 1. The Kier molecular flexibility index (Phi) is 6.73. The van der Waals surface area contributed by atoms with Gasteiger partial charge < -0.3 is 9.84 Å². The largest absolute Gasteiger partial charge is 0.393 e. The summed E-state index contributed by atoms with van der Waals surface area (Å²) in [4.78, 5) is 0. The Balaban J connectivity index is 3.33. The molecule has 3 nitrogen and oxygen atoms in total. The molecule has 0 spiro atoms. The Morgan fingerprint density at radius 2 is 2.25 bits per heavy atom. The van der Waals surface area contributed by atoms with Crippen LogP contribution in [0.25, 0.3) is 0 Å². The summed E-state index contributed by atoms with van der Waals surface area (Å²) in [5, 5.41) is 17.5. The molecule has 0 heterocycles. The van der Waals surface area contributed by atoms with Crippen molar-refractivity contribution >= 4 is 0 Å². The van der Waals surface area contributed by atoms with Gasteiger partial charge in [-0.05, 0) is 19.8 Å². The maximum atomic E-state index is 9.24. The Morgan fingerprint density at radius 3 is 2.75 bits per heavy atom. The molecule has 0 fully saturated rings. The average Bonchev–Trinajstić information content (AvgIpc) is 2.05. The molecule has 2 unspecified atom stereocenters. The molecule has 0 aromatic carbocycles. The van der Waals surface area contributed by atoms with Crippen LogP contribution < -0.4 is 0 Å². The van der Waals surface area contributed by atoms with Crippen molar-refractivity contribution in [1.29, 1.82) is 5.26 Å². The van der Waals surface area contributed by atoms with Gasteiger partial charge in [0, 0.05) is 0 Å². The third-order valence-electron chi connectivity index (χ3n) is 1.69. The average molecular weight is 171 g/mol. The molecule has 2 atom stereocenters. The molecule has 0 aliphatic carbocycles. The van der Waals surface area contributed by atoms with E-state index in [0.717, 1.165) is 6.42 Å². The van der Waals surface area contributed by atoms with Gasteiger partial charge in [-0.2, -0.15) is 5.26 Å². The summed E-state index contributed by atoms with van der Waals surface area (Å²) in [5.41, 5.74) is 0. The Hall–Kier alpha value is -0.590. The molecule has 0 radical (unpaired) electrons. The quantitative estimate of drug-likeness (QED) is 0.616. The minimum atomic E-state index is -0.276. The zero-order valence-corrected chi connectivity index (χ0v) is 7.79. The van der Waals surface area contributed by atoms with Gasteiger partial charge in [-0.1, -0.05) is 6.92 Å². The van der Waals surface area contributed by atoms with Gasteiger partial charge in [0.15, 0.2) is 0 Å². The predicted octanol–water partition coefficient (Wildman–Crippen LogP) is 1.47. The van der Waals surface area contributed by atoms with E-state index in [1.165, 1.54) is 0 Å². The maximum absolute atomic E-state index is 9.24. The number of nitrogens with zero attached hydrogens (tertiary/aromatic N) is 1. The zero-order chi connectivity index (χ0) is 9.40. The summed E-state index contributed by atoms with van der Waals surface area (Å²) in [6.45, 7) is 4.32. The van der Waals surface area contributed by atoms with Crippen LogP contribution in [0, 0.1) is 11.3 Å². The van der Waals surface area contributed by atoms with Crippen LogP contribution in [0.4, 0.5) is 0 Å². The van der Waals surface area contributed by atoms with Crippen LogP contribution >= 0.6 is 0 Å². The molecular formula is C9H17NO2. The minimum Gasteiger partial charge on any atom is -0.393 e. The fourth-order valence-corrected chi connectivity index (χ4v) is 0.924. The number of hydrogen-bond acceptors (Lipinski definition) is 3. The molecule has 0 bridgehead atoms. The first-order valence-corrected chi connectivity index (χ1v) is 4.37. The molecule has 12 heavy (non-hydrogen) atoms. The maximum Gasteiger partial charge on any atom is 0.0645 e. The molecule has 0 amide bonds. The van der Waals surface area contributed by atoms with E-state index in [1.54, 1.807) is 0 Å². The highest BCUT2D eigenvalue weighted by Gasteiger charge is 2.07. The Labute approximate surface area is 74.0 Å². The molecule has 1 N–H and O–H groups in total. The summed E-state index contributed by atoms with van der Waals surface area (Å²) in [6, 6.07) is 2.00. The van der Waals surface area contributed by atoms with Crippen LogP contribution in [0.5, 0.6) is 0 Å². The van der Waals surface area contributed by atoms with Gasteiger partial charge in [-0.15, -0.1) is 0 Å². The second-order valence-electron chi connectivity index (χ2n) is 2.89. The van der Waals surface area contributed by atoms with E-state index in [0.29, 0.717) is 19.4 Å². The second kappa shape index (κ2) is 7.08. The fraction of sp³-hybridized carbons (Fsp3) is 0.889. The molecule has 0 aliphatic rings. The van der Waals surface area contributed by atoms with E-state index in [9.17, 15) is 5.11 Å². The molecular weight excluding hydrogens is 154 g/mol. The van der Waals surface area contributed by atoms with Crippen LogP contribution in [0.15, 0.2) is 0 Å². The summed E-state index contributed by atoms with van der Waals surface area (Å²) in [6.07, 6.45) is 1.61. The smallest absolute Gasteiger partial charge is 0.0645 e. The molecule has 3 heteroatoms. The third kappa shape index (κ3) is 6.14. The van der Waals surface area contributed by atoms with Gasteiger partial charge in [-0.3, -0.25) is 0 Å². The number of aliphatic hydroxyl groups is 1. The Morgan fingerprint density at radius 1 is 1.58 bits per heavy atom. The molecule has 0 rings (SSSR count). The van der Waals surface area contributed by atoms with Gasteiger partial charge in [0.1, 0.15) is 0 Å². The van der Waals surface area contributed by atoms with Crippen LogP contribution in [0.2, 0.25) is 0 Å². The molecule has 0 saturated carbocycles. The van der Waals surface area contributed by atoms with E-state index in [2.05, 4.69) is 0 Å². The van der Waals surface area contributed by atoms with Crippen molar-refractivity contribution in [3.8, 4) is 6.07 Å². The molecule has 0 saturated heterocycles. The third-order valence-corrected chi connectivity index (χ3v) is 1.69. The standard InChI is InChI=1S/C9H17NO2/c1-3-9(11)7-8(2)12-6-4-5-10/h8-9,11H,3-4,6-7H2,1-2H3. The summed E-state index contributed by atoms with van der Waals surface area (Å²) < 4.78 is 5.27. The second-order valence-corrected chi connectivity index (χ2v) is 2.89. The van der Waals surface area contributed by atoms with Crippen molar-refractivity contribution in [3.05, 3.63) is 0 Å². The number of rotatable bonds is 6. The van der Waals surface area contributed by atoms with Crippen LogP contribution in [0.1, 0.15) is 33.1 Å². The SMILES string of the molecule is CCC(O)CC(C)OCCC#N. The van der Waals surface area contributed by atoms with Crippen LogP contribution in [0.3, 0.4) is 0 Å². The highest BCUT2D eigenvalue weighted by molar-refractivity contribution is 4.68. The van der Waals surface area contributed by atoms with Crippen molar-refractivity contribution in [3.63, 3.8) is 0 Å². The minimum absolute atomic E-state index is 0.0494. The zero-order valence-electron chi connectivity index (χ0n) is 7.79. The molecule has 0 aromatic heterocycles. The first-order chi connectivity index (χ1) is 5.70. The highest BCUT2D eigenvalue weighted by Crippen LogP contribution is 2.05. The lowest BCUT2D eigenvalue weighted by molar-refractivity contribution is 0.0263. The molecule has 0 aromatic rings. The van der Waals surface area contributed by atoms with Gasteiger partial charge in [0.25, 0.3) is 0 Å². The van der Waals surface area contributed by atoms with Gasteiger partial charge in [0.05, 0.1) is 31.3 Å². The van der Waals surface area contributed by atoms with Crippen LogP contribution in [-0.2, 0) is 4.74 Å². The van der Waals surface area contributed by atoms with Crippen molar-refractivity contribution in [2.45, 2.75) is 45.3 Å². The van der Waals surface area contributed by atoms with Gasteiger partial charge in [-0.25, -0.2) is 0 Å². The van der Waals surface area contributed by atoms with Crippen molar-refractivity contribution in [2.24, 2.45) is 0 Å². The van der Waals surface area contributed by atoms with Gasteiger partial charge >= 0.3 is 0 Å². The summed E-state index contributed by atoms with van der Waals surface area (Å²) in [5.74, 6) is 0. The number of ether oxygens (including phenoxy) is 1.